The fourth-order valence-corrected chi connectivity index (χ4v) is 8.41. The quantitative estimate of drug-likeness (QED) is 0.127. The van der Waals surface area contributed by atoms with Gasteiger partial charge in [-0.3, -0.25) is 33.6 Å². The normalized spacial score (nSPS) is 23.7. The number of Topliss-reactive ketones (excluding diaryl/α,β-unsaturated/α-hetero) is 2. The number of ether oxygens (including phenoxy) is 3. The predicted molar refractivity (Wildman–Crippen MR) is 226 cm³/mol. The first kappa shape index (κ1) is 49.8. The van der Waals surface area contributed by atoms with Crippen LogP contribution in [0.15, 0.2) is 24.3 Å². The highest BCUT2D eigenvalue weighted by Crippen LogP contribution is 2.45. The molecule has 2 amide bonds. The molecule has 0 bridgehead atoms. The number of amides is 2. The fourth-order valence-electron chi connectivity index (χ4n) is 8.41. The summed E-state index contributed by atoms with van der Waals surface area (Å²) in [6.45, 7) is 6.44. The summed E-state index contributed by atoms with van der Waals surface area (Å²) in [6, 6.07) is 6.65. The third kappa shape index (κ3) is 13.1. The van der Waals surface area contributed by atoms with Crippen LogP contribution in [0.2, 0.25) is 0 Å². The summed E-state index contributed by atoms with van der Waals surface area (Å²) < 4.78 is 16.1. The van der Waals surface area contributed by atoms with Crippen molar-refractivity contribution in [3.05, 3.63) is 63.2 Å². The largest absolute Gasteiger partial charge is 0.507 e. The second-order valence-corrected chi connectivity index (χ2v) is 16.8. The number of benzene rings is 2. The Hall–Kier alpha value is -4.87. The Labute approximate surface area is 362 Å². The minimum Gasteiger partial charge on any atom is -0.507 e. The van der Waals surface area contributed by atoms with E-state index in [1.54, 1.807) is 38.3 Å². The number of aromatic hydroxyl groups is 1. The minimum absolute atomic E-state index is 0.00141. The molecule has 4 aliphatic rings. The molecule has 1 saturated heterocycles. The monoisotopic (exact) mass is 865 g/mol. The van der Waals surface area contributed by atoms with Crippen molar-refractivity contribution in [3.63, 3.8) is 0 Å². The van der Waals surface area contributed by atoms with Crippen molar-refractivity contribution in [2.24, 2.45) is 29.0 Å². The number of phenols is 1. The predicted octanol–water partition coefficient (Wildman–Crippen LogP) is 3.52. The molecule has 0 radical (unpaired) electrons. The molecule has 16 heteroatoms. The molecule has 3 aliphatic carbocycles. The molecule has 62 heavy (non-hydrogen) atoms. The summed E-state index contributed by atoms with van der Waals surface area (Å²) in [4.78, 5) is 83.8. The maximum absolute atomic E-state index is 13.1. The molecular weight excluding hydrogens is 803 g/mol. The number of aryl methyl sites for hydroxylation is 1. The number of fused-ring (bicyclic) bond motifs is 3. The average Bonchev–Trinajstić information content (AvgIpc) is 3.23. The highest BCUT2D eigenvalue weighted by molar-refractivity contribution is 6.30. The van der Waals surface area contributed by atoms with Crippen LogP contribution in [0.25, 0.3) is 0 Å². The topological polar surface area (TPSA) is 286 Å². The lowest BCUT2D eigenvalue weighted by molar-refractivity contribution is -0.157. The Morgan fingerprint density at radius 3 is 2.15 bits per heavy atom. The highest BCUT2D eigenvalue weighted by atomic mass is 16.5. The van der Waals surface area contributed by atoms with Crippen molar-refractivity contribution < 1.29 is 63.1 Å². The third-order valence-corrected chi connectivity index (χ3v) is 12.2. The Balaban J connectivity index is 0.000000235. The third-order valence-electron chi connectivity index (χ3n) is 12.2. The van der Waals surface area contributed by atoms with Gasteiger partial charge >= 0.3 is 5.97 Å². The molecule has 0 spiro atoms. The van der Waals surface area contributed by atoms with Gasteiger partial charge in [0.25, 0.3) is 0 Å². The van der Waals surface area contributed by atoms with Crippen LogP contribution in [0.4, 0.5) is 0 Å². The van der Waals surface area contributed by atoms with Crippen LogP contribution < -0.4 is 17.2 Å². The molecule has 2 aromatic carbocycles. The fraction of sp³-hybridized carbons (Fsp3) is 0.587. The number of carbonyl (C=O) groups excluding carboxylic acids is 7. The molecule has 1 saturated carbocycles. The number of hydrogen-bond acceptors (Lipinski definition) is 14. The molecule has 5 unspecified atom stereocenters. The number of rotatable bonds is 14. The van der Waals surface area contributed by atoms with Gasteiger partial charge in [0.2, 0.25) is 11.8 Å². The Morgan fingerprint density at radius 2 is 1.56 bits per heavy atom. The van der Waals surface area contributed by atoms with Gasteiger partial charge in [0.05, 0.1) is 35.9 Å². The molecule has 0 aromatic heterocycles. The zero-order chi connectivity index (χ0) is 45.8. The number of methoxy groups -OCH3 is 1. The molecule has 16 nitrogen and oxygen atoms in total. The second kappa shape index (κ2) is 23.0. The highest BCUT2D eigenvalue weighted by Gasteiger charge is 2.40. The Morgan fingerprint density at radius 1 is 0.887 bits per heavy atom. The second-order valence-electron chi connectivity index (χ2n) is 16.8. The first-order valence-electron chi connectivity index (χ1n) is 21.5. The number of nitrogens with two attached hydrogens (primary N) is 3. The first-order chi connectivity index (χ1) is 29.3. The number of aliphatic hydroxyl groups is 2. The van der Waals surface area contributed by atoms with Crippen molar-refractivity contribution in [1.82, 2.24) is 0 Å². The Kier molecular flexibility index (Phi) is 18.5. The van der Waals surface area contributed by atoms with Gasteiger partial charge in [-0.2, -0.15) is 0 Å². The zero-order valence-electron chi connectivity index (χ0n) is 36.2. The summed E-state index contributed by atoms with van der Waals surface area (Å²) in [5.41, 5.74) is 19.0. The van der Waals surface area contributed by atoms with Gasteiger partial charge in [0.15, 0.2) is 11.6 Å². The molecule has 1 aliphatic heterocycles. The van der Waals surface area contributed by atoms with E-state index in [2.05, 4.69) is 6.92 Å². The van der Waals surface area contributed by atoms with Crippen molar-refractivity contribution in [2.75, 3.05) is 13.7 Å². The van der Waals surface area contributed by atoms with Crippen LogP contribution >= 0.6 is 0 Å². The van der Waals surface area contributed by atoms with E-state index in [1.807, 2.05) is 0 Å². The molecule has 8 atom stereocenters. The smallest absolute Gasteiger partial charge is 0.306 e. The van der Waals surface area contributed by atoms with Gasteiger partial charge in [-0.1, -0.05) is 18.2 Å². The first-order valence-corrected chi connectivity index (χ1v) is 21.5. The van der Waals surface area contributed by atoms with Gasteiger partial charge < -0.3 is 46.7 Å². The number of phenolic OH excluding ortho intramolecular Hbond substituents is 1. The van der Waals surface area contributed by atoms with Crippen LogP contribution in [-0.4, -0.2) is 100 Å². The van der Waals surface area contributed by atoms with Gasteiger partial charge in [0, 0.05) is 73.6 Å². The van der Waals surface area contributed by atoms with Crippen LogP contribution in [0, 0.1) is 18.8 Å². The van der Waals surface area contributed by atoms with E-state index >= 15 is 0 Å². The van der Waals surface area contributed by atoms with Crippen LogP contribution in [-0.2, 0) is 44.6 Å². The summed E-state index contributed by atoms with van der Waals surface area (Å²) >= 11 is 0. The average molecular weight is 866 g/mol. The Bertz CT molecular complexity index is 1980. The number of hydrogen-bond donors (Lipinski definition) is 6. The molecule has 9 N–H and O–H groups in total. The summed E-state index contributed by atoms with van der Waals surface area (Å²) in [5, 5.41) is 30.8. The minimum atomic E-state index is -1.21. The van der Waals surface area contributed by atoms with E-state index in [0.29, 0.717) is 60.5 Å². The molecule has 2 aromatic rings. The van der Waals surface area contributed by atoms with Crippen molar-refractivity contribution in [2.45, 2.75) is 147 Å². The number of aliphatic hydroxyl groups excluding tert-OH is 2. The lowest BCUT2D eigenvalue weighted by atomic mass is 9.74. The van der Waals surface area contributed by atoms with Gasteiger partial charge in [-0.05, 0) is 102 Å². The van der Waals surface area contributed by atoms with Crippen molar-refractivity contribution >= 4 is 40.9 Å². The number of esters is 1. The molecule has 6 rings (SSSR count). The van der Waals surface area contributed by atoms with Gasteiger partial charge in [-0.15, -0.1) is 0 Å². The number of primary amides is 2. The molecular formula is C46H63N3O13. The van der Waals surface area contributed by atoms with Crippen molar-refractivity contribution in [3.8, 4) is 5.75 Å². The van der Waals surface area contributed by atoms with Crippen molar-refractivity contribution in [1.29, 1.82) is 0 Å². The summed E-state index contributed by atoms with van der Waals surface area (Å²) in [6.07, 6.45) is 3.01. The zero-order valence-corrected chi connectivity index (χ0v) is 36.2. The van der Waals surface area contributed by atoms with E-state index in [-0.39, 0.29) is 90.5 Å². The van der Waals surface area contributed by atoms with E-state index in [4.69, 9.17) is 31.4 Å². The van der Waals surface area contributed by atoms with Crippen LogP contribution in [0.3, 0.4) is 0 Å². The van der Waals surface area contributed by atoms with E-state index in [1.165, 1.54) is 26.2 Å². The molecule has 1 heterocycles. The molecule has 2 fully saturated rings. The van der Waals surface area contributed by atoms with Crippen LogP contribution in [0.1, 0.15) is 152 Å². The number of ketones is 4. The van der Waals surface area contributed by atoms with E-state index < -0.39 is 48.1 Å². The lowest BCUT2D eigenvalue weighted by Gasteiger charge is -2.32. The molecule has 340 valence electrons. The SMILES string of the molecule is CO[C@@H]1C[C@H](C(C)=O)Cc2c1cc1c(c2O)C(=O)c2cccc(C)c2C1=O.C[C@H]1CCCCO1.NC(=O)CCC(=O)CCC(O)C(O)CCC(=O)OC1CCC(N)CC1C(N)=O. The van der Waals surface area contributed by atoms with E-state index in [0.717, 1.165) is 12.2 Å². The standard InChI is InChI=1S/C22H20O5.C18H31N3O7.C6H12O/c1-10-5-4-6-13-18(10)22(26)16-9-14-15(21(25)19(16)20(13)24)7-12(11(2)23)8-17(14)27-3;19-10-1-6-15(12(9-10)18(21)27)28-17(26)8-5-14(24)13(23)4-2-11(22)3-7-16(20)25;1-6-4-2-3-5-7-6/h4-6,9,12,17,25H,7-8H2,1-3H3;10,12-15,23-24H,1-9,19H2,(H2,20,25)(H2,21,27);6H,2-5H2,1H3/t12-,17-;;6-/m1.0/s1. The van der Waals surface area contributed by atoms with Gasteiger partial charge in [-0.25, -0.2) is 0 Å². The summed E-state index contributed by atoms with van der Waals surface area (Å²) in [7, 11) is 1.54. The maximum Gasteiger partial charge on any atom is 0.306 e. The maximum atomic E-state index is 13.1. The lowest BCUT2D eigenvalue weighted by Crippen LogP contribution is -2.44. The summed E-state index contributed by atoms with van der Waals surface area (Å²) in [5.74, 6) is -3.70. The van der Waals surface area contributed by atoms with Gasteiger partial charge in [0.1, 0.15) is 23.4 Å². The number of carbonyl (C=O) groups is 7. The van der Waals surface area contributed by atoms with Crippen LogP contribution in [0.5, 0.6) is 5.75 Å². The van der Waals surface area contributed by atoms with E-state index in [9.17, 15) is 48.9 Å².